The van der Waals surface area contributed by atoms with E-state index in [1.165, 1.54) is 0 Å². The second-order valence-electron chi connectivity index (χ2n) is 4.51. The third-order valence-corrected chi connectivity index (χ3v) is 3.32. The van der Waals surface area contributed by atoms with Crippen molar-refractivity contribution < 1.29 is 4.79 Å². The van der Waals surface area contributed by atoms with E-state index in [9.17, 15) is 4.79 Å². The molecule has 1 aliphatic heterocycles. The molecule has 1 aliphatic rings. The molecule has 0 atom stereocenters. The van der Waals surface area contributed by atoms with Crippen molar-refractivity contribution in [2.24, 2.45) is 11.7 Å². The van der Waals surface area contributed by atoms with Crippen LogP contribution in [0.4, 0.5) is 11.8 Å². The van der Waals surface area contributed by atoms with Gasteiger partial charge in [0.15, 0.2) is 0 Å². The van der Waals surface area contributed by atoms with Gasteiger partial charge in [-0.1, -0.05) is 11.6 Å². The standard InChI is InChI=1S/C11H16ClN5O/c12-8-6-10(16-11(14)15-8)17-3-1-7(2-4-17)5-9(13)18/h6-7H,1-5H2,(H2,13,18)(H2,14,15,16). The number of hydrogen-bond acceptors (Lipinski definition) is 5. The lowest BCUT2D eigenvalue weighted by molar-refractivity contribution is -0.119. The average molecular weight is 270 g/mol. The monoisotopic (exact) mass is 269 g/mol. The van der Waals surface area contributed by atoms with Crippen molar-refractivity contribution in [1.29, 1.82) is 0 Å². The summed E-state index contributed by atoms with van der Waals surface area (Å²) in [5.41, 5.74) is 10.8. The fourth-order valence-corrected chi connectivity index (χ4v) is 2.42. The van der Waals surface area contributed by atoms with Gasteiger partial charge in [0.25, 0.3) is 0 Å². The predicted molar refractivity (Wildman–Crippen MR) is 70.2 cm³/mol. The van der Waals surface area contributed by atoms with Gasteiger partial charge in [0, 0.05) is 25.6 Å². The number of carbonyl (C=O) groups excluding carboxylic acids is 1. The van der Waals surface area contributed by atoms with Crippen LogP contribution < -0.4 is 16.4 Å². The lowest BCUT2D eigenvalue weighted by atomic mass is 9.93. The number of carbonyl (C=O) groups is 1. The summed E-state index contributed by atoms with van der Waals surface area (Å²) in [4.78, 5) is 20.9. The number of primary amides is 1. The molecule has 2 heterocycles. The molecule has 1 fully saturated rings. The van der Waals surface area contributed by atoms with E-state index in [1.807, 2.05) is 0 Å². The first kappa shape index (κ1) is 12.9. The minimum absolute atomic E-state index is 0.178. The molecular weight excluding hydrogens is 254 g/mol. The van der Waals surface area contributed by atoms with Crippen LogP contribution in [-0.4, -0.2) is 29.0 Å². The molecule has 1 aromatic heterocycles. The molecule has 1 amide bonds. The number of amides is 1. The summed E-state index contributed by atoms with van der Waals surface area (Å²) < 4.78 is 0. The van der Waals surface area contributed by atoms with Crippen molar-refractivity contribution in [2.45, 2.75) is 19.3 Å². The van der Waals surface area contributed by atoms with Crippen LogP contribution in [0.3, 0.4) is 0 Å². The van der Waals surface area contributed by atoms with Crippen molar-refractivity contribution in [3.63, 3.8) is 0 Å². The molecule has 1 saturated heterocycles. The normalized spacial score (nSPS) is 16.8. The molecule has 98 valence electrons. The quantitative estimate of drug-likeness (QED) is 0.791. The van der Waals surface area contributed by atoms with Crippen LogP contribution in [0, 0.1) is 5.92 Å². The topological polar surface area (TPSA) is 98.1 Å². The molecule has 1 aromatic rings. The van der Waals surface area contributed by atoms with Crippen LogP contribution in [0.1, 0.15) is 19.3 Å². The van der Waals surface area contributed by atoms with Gasteiger partial charge in [-0.2, -0.15) is 4.98 Å². The molecule has 0 aromatic carbocycles. The number of nitrogens with zero attached hydrogens (tertiary/aromatic N) is 3. The number of nitrogen functional groups attached to an aromatic ring is 1. The molecule has 0 radical (unpaired) electrons. The fraction of sp³-hybridized carbons (Fsp3) is 0.545. The van der Waals surface area contributed by atoms with Gasteiger partial charge in [0.05, 0.1) is 0 Å². The van der Waals surface area contributed by atoms with E-state index < -0.39 is 0 Å². The zero-order chi connectivity index (χ0) is 13.1. The molecule has 0 unspecified atom stereocenters. The Morgan fingerprint density at radius 3 is 2.67 bits per heavy atom. The highest BCUT2D eigenvalue weighted by Crippen LogP contribution is 2.25. The van der Waals surface area contributed by atoms with E-state index in [-0.39, 0.29) is 11.9 Å². The van der Waals surface area contributed by atoms with E-state index >= 15 is 0 Å². The zero-order valence-electron chi connectivity index (χ0n) is 9.97. The summed E-state index contributed by atoms with van der Waals surface area (Å²) in [5, 5.41) is 0.344. The highest BCUT2D eigenvalue weighted by atomic mass is 35.5. The number of halogens is 1. The van der Waals surface area contributed by atoms with Crippen LogP contribution in [0.15, 0.2) is 6.07 Å². The Labute approximate surface area is 110 Å². The molecule has 0 spiro atoms. The van der Waals surface area contributed by atoms with E-state index in [0.29, 0.717) is 17.5 Å². The first-order valence-electron chi connectivity index (χ1n) is 5.88. The average Bonchev–Trinajstić information content (AvgIpc) is 2.27. The molecule has 18 heavy (non-hydrogen) atoms. The molecule has 0 aliphatic carbocycles. The number of piperidine rings is 1. The van der Waals surface area contributed by atoms with Crippen LogP contribution in [0.25, 0.3) is 0 Å². The summed E-state index contributed by atoms with van der Waals surface area (Å²) >= 11 is 5.85. The lowest BCUT2D eigenvalue weighted by Gasteiger charge is -2.32. The number of nitrogens with two attached hydrogens (primary N) is 2. The first-order valence-corrected chi connectivity index (χ1v) is 6.25. The van der Waals surface area contributed by atoms with Gasteiger partial charge < -0.3 is 16.4 Å². The number of aromatic nitrogens is 2. The molecule has 2 rings (SSSR count). The van der Waals surface area contributed by atoms with Crippen LogP contribution in [-0.2, 0) is 4.79 Å². The SMILES string of the molecule is NC(=O)CC1CCN(c2cc(Cl)nc(N)n2)CC1. The summed E-state index contributed by atoms with van der Waals surface area (Å²) in [5.74, 6) is 1.05. The first-order chi connectivity index (χ1) is 8.54. The molecule has 6 nitrogen and oxygen atoms in total. The minimum atomic E-state index is -0.234. The van der Waals surface area contributed by atoms with Gasteiger partial charge in [-0.3, -0.25) is 4.79 Å². The van der Waals surface area contributed by atoms with E-state index in [0.717, 1.165) is 31.7 Å². The Kier molecular flexibility index (Phi) is 3.86. The number of hydrogen-bond donors (Lipinski definition) is 2. The molecule has 4 N–H and O–H groups in total. The van der Waals surface area contributed by atoms with E-state index in [4.69, 9.17) is 23.1 Å². The largest absolute Gasteiger partial charge is 0.370 e. The van der Waals surface area contributed by atoms with Gasteiger partial charge in [0.2, 0.25) is 11.9 Å². The van der Waals surface area contributed by atoms with Crippen LogP contribution >= 0.6 is 11.6 Å². The van der Waals surface area contributed by atoms with Crippen molar-refractivity contribution in [3.05, 3.63) is 11.2 Å². The second kappa shape index (κ2) is 5.39. The van der Waals surface area contributed by atoms with Crippen molar-refractivity contribution in [3.8, 4) is 0 Å². The number of rotatable bonds is 3. The zero-order valence-corrected chi connectivity index (χ0v) is 10.7. The lowest BCUT2D eigenvalue weighted by Crippen LogP contribution is -2.35. The summed E-state index contributed by atoms with van der Waals surface area (Å²) in [6.45, 7) is 1.65. The van der Waals surface area contributed by atoms with Gasteiger partial charge >= 0.3 is 0 Å². The summed E-state index contributed by atoms with van der Waals surface area (Å²) in [6.07, 6.45) is 2.30. The van der Waals surface area contributed by atoms with Gasteiger partial charge in [0.1, 0.15) is 11.0 Å². The van der Waals surface area contributed by atoms with Crippen LogP contribution in [0.2, 0.25) is 5.15 Å². The highest BCUT2D eigenvalue weighted by molar-refractivity contribution is 6.29. The smallest absolute Gasteiger partial charge is 0.223 e. The fourth-order valence-electron chi connectivity index (χ4n) is 2.24. The molecule has 0 saturated carbocycles. The van der Waals surface area contributed by atoms with E-state index in [1.54, 1.807) is 6.07 Å². The summed E-state index contributed by atoms with van der Waals surface area (Å²) in [7, 11) is 0. The predicted octanol–water partition coefficient (Wildman–Crippen LogP) is 0.804. The Hall–Kier alpha value is -1.56. The maximum absolute atomic E-state index is 10.9. The maximum atomic E-state index is 10.9. The Balaban J connectivity index is 1.98. The third-order valence-electron chi connectivity index (χ3n) is 3.13. The molecular formula is C11H16ClN5O. The minimum Gasteiger partial charge on any atom is -0.370 e. The third kappa shape index (κ3) is 3.22. The highest BCUT2D eigenvalue weighted by Gasteiger charge is 2.22. The molecule has 0 bridgehead atoms. The summed E-state index contributed by atoms with van der Waals surface area (Å²) in [6, 6.07) is 1.70. The van der Waals surface area contributed by atoms with E-state index in [2.05, 4.69) is 14.9 Å². The van der Waals surface area contributed by atoms with Crippen LogP contribution in [0.5, 0.6) is 0 Å². The number of anilines is 2. The van der Waals surface area contributed by atoms with Gasteiger partial charge in [-0.05, 0) is 18.8 Å². The Bertz CT molecular complexity index is 425. The molecule has 7 heteroatoms. The van der Waals surface area contributed by atoms with Gasteiger partial charge in [-0.25, -0.2) is 4.98 Å². The van der Waals surface area contributed by atoms with Crippen molar-refractivity contribution in [2.75, 3.05) is 23.7 Å². The van der Waals surface area contributed by atoms with Crippen molar-refractivity contribution >= 4 is 29.3 Å². The Morgan fingerprint density at radius 2 is 2.11 bits per heavy atom. The van der Waals surface area contributed by atoms with Crippen molar-refractivity contribution in [1.82, 2.24) is 9.97 Å². The van der Waals surface area contributed by atoms with Gasteiger partial charge in [-0.15, -0.1) is 0 Å². The second-order valence-corrected chi connectivity index (χ2v) is 4.90. The Morgan fingerprint density at radius 1 is 1.44 bits per heavy atom. The maximum Gasteiger partial charge on any atom is 0.223 e.